The first-order valence-corrected chi connectivity index (χ1v) is 12.0. The maximum atomic E-state index is 13.1. The molecular formula is C24H28N2O4S. The SMILES string of the molecule is CCC1CCc2sc(C(=O)N3CCC(C(=O)Nc4ccc5c(c4)OCO5)CC3)cc2C1. The molecule has 6 nitrogen and oxygen atoms in total. The molecule has 0 spiro atoms. The van der Waals surface area contributed by atoms with Crippen molar-refractivity contribution in [3.05, 3.63) is 39.6 Å². The van der Waals surface area contributed by atoms with Gasteiger partial charge >= 0.3 is 0 Å². The number of anilines is 1. The van der Waals surface area contributed by atoms with Crippen LogP contribution in [0.1, 0.15) is 52.7 Å². The third kappa shape index (κ3) is 4.15. The summed E-state index contributed by atoms with van der Waals surface area (Å²) >= 11 is 1.68. The van der Waals surface area contributed by atoms with Crippen LogP contribution < -0.4 is 14.8 Å². The van der Waals surface area contributed by atoms with E-state index in [4.69, 9.17) is 9.47 Å². The highest BCUT2D eigenvalue weighted by Crippen LogP contribution is 2.36. The second-order valence-electron chi connectivity index (χ2n) is 8.70. The lowest BCUT2D eigenvalue weighted by Gasteiger charge is -2.31. The van der Waals surface area contributed by atoms with Crippen molar-refractivity contribution in [3.8, 4) is 11.5 Å². The molecule has 1 fully saturated rings. The smallest absolute Gasteiger partial charge is 0.263 e. The minimum atomic E-state index is -0.0867. The molecule has 1 aromatic carbocycles. The number of ether oxygens (including phenoxy) is 2. The van der Waals surface area contributed by atoms with Gasteiger partial charge in [0.25, 0.3) is 5.91 Å². The van der Waals surface area contributed by atoms with Crippen LogP contribution in [0.25, 0.3) is 0 Å². The predicted octanol–water partition coefficient (Wildman–Crippen LogP) is 4.48. The molecule has 1 aliphatic carbocycles. The first-order chi connectivity index (χ1) is 15.1. The Bertz CT molecular complexity index is 993. The maximum Gasteiger partial charge on any atom is 0.263 e. The van der Waals surface area contributed by atoms with E-state index in [1.807, 2.05) is 17.0 Å². The van der Waals surface area contributed by atoms with E-state index in [9.17, 15) is 9.59 Å². The maximum absolute atomic E-state index is 13.1. The van der Waals surface area contributed by atoms with Crippen LogP contribution in [-0.4, -0.2) is 36.6 Å². The first kappa shape index (κ1) is 20.4. The summed E-state index contributed by atoms with van der Waals surface area (Å²) in [6.07, 6.45) is 6.03. The Morgan fingerprint density at radius 3 is 2.74 bits per heavy atom. The van der Waals surface area contributed by atoms with Gasteiger partial charge in [0.2, 0.25) is 12.7 Å². The Morgan fingerprint density at radius 2 is 1.94 bits per heavy atom. The molecule has 7 heteroatoms. The topological polar surface area (TPSA) is 67.9 Å². The Balaban J connectivity index is 1.16. The Morgan fingerprint density at radius 1 is 1.13 bits per heavy atom. The van der Waals surface area contributed by atoms with Crippen molar-refractivity contribution in [2.75, 3.05) is 25.2 Å². The van der Waals surface area contributed by atoms with E-state index in [-0.39, 0.29) is 24.5 Å². The quantitative estimate of drug-likeness (QED) is 0.761. The highest BCUT2D eigenvalue weighted by molar-refractivity contribution is 7.14. The highest BCUT2D eigenvalue weighted by atomic mass is 32.1. The second-order valence-corrected chi connectivity index (χ2v) is 9.84. The summed E-state index contributed by atoms with van der Waals surface area (Å²) in [7, 11) is 0. The van der Waals surface area contributed by atoms with E-state index in [1.165, 1.54) is 23.3 Å². The largest absolute Gasteiger partial charge is 0.454 e. The zero-order valence-electron chi connectivity index (χ0n) is 17.8. The summed E-state index contributed by atoms with van der Waals surface area (Å²) in [6, 6.07) is 7.55. The molecule has 0 radical (unpaired) electrons. The number of carbonyl (C=O) groups excluding carboxylic acids is 2. The number of hydrogen-bond acceptors (Lipinski definition) is 5. The molecule has 1 aromatic heterocycles. The average Bonchev–Trinajstić information content (AvgIpc) is 3.44. The lowest BCUT2D eigenvalue weighted by molar-refractivity contribution is -0.121. The number of rotatable bonds is 4. The van der Waals surface area contributed by atoms with Gasteiger partial charge in [-0.2, -0.15) is 0 Å². The number of nitrogens with one attached hydrogen (secondary N) is 1. The van der Waals surface area contributed by atoms with E-state index >= 15 is 0 Å². The molecule has 5 rings (SSSR count). The number of piperidine rings is 1. The summed E-state index contributed by atoms with van der Waals surface area (Å²) in [5.74, 6) is 2.15. The van der Waals surface area contributed by atoms with Gasteiger partial charge in [-0.25, -0.2) is 0 Å². The van der Waals surface area contributed by atoms with E-state index < -0.39 is 0 Å². The van der Waals surface area contributed by atoms with E-state index in [2.05, 4.69) is 18.3 Å². The first-order valence-electron chi connectivity index (χ1n) is 11.2. The van der Waals surface area contributed by atoms with Crippen LogP contribution in [0.3, 0.4) is 0 Å². The van der Waals surface area contributed by atoms with Crippen molar-refractivity contribution in [1.82, 2.24) is 4.90 Å². The van der Waals surface area contributed by atoms with Crippen molar-refractivity contribution in [1.29, 1.82) is 0 Å². The van der Waals surface area contributed by atoms with Gasteiger partial charge in [0, 0.05) is 35.6 Å². The van der Waals surface area contributed by atoms with Crippen molar-refractivity contribution in [2.45, 2.75) is 45.4 Å². The van der Waals surface area contributed by atoms with Gasteiger partial charge in [-0.1, -0.05) is 13.3 Å². The molecule has 1 saturated heterocycles. The summed E-state index contributed by atoms with van der Waals surface area (Å²) in [4.78, 5) is 30.0. The van der Waals surface area contributed by atoms with Crippen LogP contribution in [0, 0.1) is 11.8 Å². The second kappa shape index (κ2) is 8.54. The standard InChI is InChI=1S/C24H28N2O4S/c1-2-15-3-6-21-17(11-15)12-22(31-21)24(28)26-9-7-16(8-10-26)23(27)25-18-4-5-19-20(13-18)30-14-29-19/h4-5,12-13,15-16H,2-3,6-11,14H2,1H3,(H,25,27). The lowest BCUT2D eigenvalue weighted by atomic mass is 9.87. The molecule has 2 amide bonds. The van der Waals surface area contributed by atoms with Gasteiger partial charge in [0.1, 0.15) is 0 Å². The normalized spacial score (nSPS) is 20.4. The van der Waals surface area contributed by atoms with Crippen LogP contribution in [-0.2, 0) is 17.6 Å². The Hall–Kier alpha value is -2.54. The van der Waals surface area contributed by atoms with Gasteiger partial charge in [0.15, 0.2) is 11.5 Å². The number of thiophene rings is 1. The number of hydrogen-bond donors (Lipinski definition) is 1. The highest BCUT2D eigenvalue weighted by Gasteiger charge is 2.30. The van der Waals surface area contributed by atoms with Crippen molar-refractivity contribution < 1.29 is 19.1 Å². The van der Waals surface area contributed by atoms with Crippen LogP contribution in [0.15, 0.2) is 24.3 Å². The zero-order chi connectivity index (χ0) is 21.4. The molecule has 1 atom stereocenters. The van der Waals surface area contributed by atoms with E-state index in [0.717, 1.165) is 23.6 Å². The minimum Gasteiger partial charge on any atom is -0.454 e. The minimum absolute atomic E-state index is 0.00293. The van der Waals surface area contributed by atoms with Gasteiger partial charge in [-0.05, 0) is 61.8 Å². The number of carbonyl (C=O) groups is 2. The zero-order valence-corrected chi connectivity index (χ0v) is 18.6. The predicted molar refractivity (Wildman–Crippen MR) is 120 cm³/mol. The van der Waals surface area contributed by atoms with Crippen molar-refractivity contribution >= 4 is 28.8 Å². The van der Waals surface area contributed by atoms with Gasteiger partial charge in [-0.15, -0.1) is 11.3 Å². The molecule has 3 heterocycles. The lowest BCUT2D eigenvalue weighted by Crippen LogP contribution is -2.41. The average molecular weight is 441 g/mol. The van der Waals surface area contributed by atoms with Crippen LogP contribution >= 0.6 is 11.3 Å². The Kier molecular flexibility index (Phi) is 5.61. The molecule has 0 saturated carbocycles. The number of fused-ring (bicyclic) bond motifs is 2. The van der Waals surface area contributed by atoms with Crippen LogP contribution in [0.5, 0.6) is 11.5 Å². The third-order valence-electron chi connectivity index (χ3n) is 6.77. The van der Waals surface area contributed by atoms with E-state index in [1.54, 1.807) is 17.4 Å². The Labute approximate surface area is 186 Å². The fourth-order valence-corrected chi connectivity index (χ4v) is 5.95. The fraction of sp³-hybridized carbons (Fsp3) is 0.500. The van der Waals surface area contributed by atoms with Gasteiger partial charge < -0.3 is 19.7 Å². The molecule has 1 unspecified atom stereocenters. The number of benzene rings is 1. The van der Waals surface area contributed by atoms with E-state index in [0.29, 0.717) is 43.1 Å². The molecule has 2 aromatic rings. The monoisotopic (exact) mass is 440 g/mol. The molecule has 1 N–H and O–H groups in total. The number of aryl methyl sites for hydroxylation is 1. The molecule has 0 bridgehead atoms. The summed E-state index contributed by atoms with van der Waals surface area (Å²) in [5.41, 5.74) is 2.09. The number of likely N-dealkylation sites (tertiary alicyclic amines) is 1. The molecule has 2 aliphatic heterocycles. The summed E-state index contributed by atoms with van der Waals surface area (Å²) in [6.45, 7) is 3.71. The van der Waals surface area contributed by atoms with Crippen molar-refractivity contribution in [2.24, 2.45) is 11.8 Å². The molecular weight excluding hydrogens is 412 g/mol. The molecule has 3 aliphatic rings. The van der Waals surface area contributed by atoms with Crippen LogP contribution in [0.2, 0.25) is 0 Å². The van der Waals surface area contributed by atoms with Crippen molar-refractivity contribution in [3.63, 3.8) is 0 Å². The molecule has 31 heavy (non-hydrogen) atoms. The fourth-order valence-electron chi connectivity index (χ4n) is 4.77. The number of nitrogens with zero attached hydrogens (tertiary/aromatic N) is 1. The number of amides is 2. The van der Waals surface area contributed by atoms with Gasteiger partial charge in [0.05, 0.1) is 4.88 Å². The molecule has 164 valence electrons. The van der Waals surface area contributed by atoms with Gasteiger partial charge in [-0.3, -0.25) is 9.59 Å². The summed E-state index contributed by atoms with van der Waals surface area (Å²) in [5, 5.41) is 2.98. The third-order valence-corrected chi connectivity index (χ3v) is 7.99. The van der Waals surface area contributed by atoms with Crippen LogP contribution in [0.4, 0.5) is 5.69 Å². The summed E-state index contributed by atoms with van der Waals surface area (Å²) < 4.78 is 10.7.